The number of rotatable bonds is 14. The van der Waals surface area contributed by atoms with Crippen molar-refractivity contribution in [2.45, 2.75) is 124 Å². The Kier molecular flexibility index (Phi) is 12.3. The van der Waals surface area contributed by atoms with Crippen LogP contribution < -0.4 is 14.2 Å². The predicted molar refractivity (Wildman–Crippen MR) is 195 cm³/mol. The zero-order valence-electron chi connectivity index (χ0n) is 33.0. The molecular formula is C38H52F3N3O10S. The molecule has 1 aromatic heterocycles. The van der Waals surface area contributed by atoms with Gasteiger partial charge in [-0.25, -0.2) is 13.9 Å². The average Bonchev–Trinajstić information content (AvgIpc) is 3.59. The second-order valence-electron chi connectivity index (χ2n) is 17.0. The molecule has 0 unspecified atom stereocenters. The maximum Gasteiger partial charge on any atom is 0.418 e. The minimum atomic E-state index is -5.27. The summed E-state index contributed by atoms with van der Waals surface area (Å²) in [4.78, 5) is 61.3. The van der Waals surface area contributed by atoms with Crippen molar-refractivity contribution in [2.75, 3.05) is 13.7 Å². The van der Waals surface area contributed by atoms with E-state index in [0.29, 0.717) is 31.4 Å². The zero-order valence-corrected chi connectivity index (χ0v) is 33.8. The van der Waals surface area contributed by atoms with Gasteiger partial charge in [-0.2, -0.15) is 21.6 Å². The predicted octanol–water partition coefficient (Wildman–Crippen LogP) is 6.08. The second kappa shape index (κ2) is 15.5. The zero-order chi connectivity index (χ0) is 41.5. The number of nitrogens with one attached hydrogen (secondary N) is 1. The minimum Gasteiger partial charge on any atom is -0.497 e. The van der Waals surface area contributed by atoms with E-state index in [4.69, 9.17) is 14.2 Å². The van der Waals surface area contributed by atoms with E-state index < -0.39 is 92.5 Å². The Morgan fingerprint density at radius 1 is 1.04 bits per heavy atom. The molecule has 0 spiro atoms. The van der Waals surface area contributed by atoms with Crippen LogP contribution in [0.2, 0.25) is 0 Å². The van der Waals surface area contributed by atoms with Crippen LogP contribution in [0.4, 0.5) is 13.2 Å². The number of nitrogens with zero attached hydrogens (tertiary/aromatic N) is 2. The fraction of sp³-hybridized carbons (Fsp3) is 0.658. The summed E-state index contributed by atoms with van der Waals surface area (Å²) in [6.07, 6.45) is -4.71. The standard InChI is InChI=1S/C38H52F3N3O10S/c1-11-23-19-37(23,33(48)43-55(49,50)54-36(8,9)38(39,40)41)20-29(45)28-17-25(52-31-26-13-12-24(51-10)16-22(26)14-15-42-31)21-44(28)32(47)27(34(2,3)4)18-30(46)53-35(5,6)7/h12-16,23,25,27-28H,11,17-21H2,1-10H3,(H,43,48)/t23-,25-,27-,28+,37-/m1/s1. The third kappa shape index (κ3) is 10.3. The Labute approximate surface area is 320 Å². The van der Waals surface area contributed by atoms with Crippen LogP contribution in [0.15, 0.2) is 30.5 Å². The van der Waals surface area contributed by atoms with E-state index in [9.17, 15) is 40.8 Å². The molecule has 0 radical (unpaired) electrons. The van der Waals surface area contributed by atoms with Crippen LogP contribution in [0.5, 0.6) is 11.6 Å². The summed E-state index contributed by atoms with van der Waals surface area (Å²) in [7, 11) is -3.73. The number of benzene rings is 1. The van der Waals surface area contributed by atoms with Crippen LogP contribution in [-0.2, 0) is 38.4 Å². The molecule has 2 heterocycles. The van der Waals surface area contributed by atoms with Gasteiger partial charge in [-0.3, -0.25) is 19.2 Å². The molecule has 1 aliphatic heterocycles. The fourth-order valence-electron chi connectivity index (χ4n) is 6.93. The van der Waals surface area contributed by atoms with E-state index in [0.717, 1.165) is 5.39 Å². The number of hydrogen-bond donors (Lipinski definition) is 1. The Morgan fingerprint density at radius 2 is 1.69 bits per heavy atom. The summed E-state index contributed by atoms with van der Waals surface area (Å²) in [5, 5.41) is 1.41. The number of aromatic nitrogens is 1. The van der Waals surface area contributed by atoms with E-state index in [1.807, 2.05) is 0 Å². The molecule has 0 bridgehead atoms. The highest BCUT2D eigenvalue weighted by Crippen LogP contribution is 2.58. The lowest BCUT2D eigenvalue weighted by atomic mass is 9.77. The monoisotopic (exact) mass is 799 g/mol. The van der Waals surface area contributed by atoms with Gasteiger partial charge in [-0.1, -0.05) is 34.1 Å². The van der Waals surface area contributed by atoms with Crippen LogP contribution in [0.3, 0.4) is 0 Å². The minimum absolute atomic E-state index is 0.0300. The normalized spacial score (nSPS) is 22.6. The molecule has 5 atom stereocenters. The lowest BCUT2D eigenvalue weighted by Gasteiger charge is -2.35. The van der Waals surface area contributed by atoms with E-state index >= 15 is 0 Å². The number of carbonyl (C=O) groups is 4. The summed E-state index contributed by atoms with van der Waals surface area (Å²) >= 11 is 0. The van der Waals surface area contributed by atoms with E-state index in [1.165, 1.54) is 12.0 Å². The number of amides is 2. The van der Waals surface area contributed by atoms with Gasteiger partial charge in [-0.15, -0.1) is 0 Å². The molecule has 1 aromatic carbocycles. The van der Waals surface area contributed by atoms with Crippen molar-refractivity contribution in [3.63, 3.8) is 0 Å². The first-order valence-corrected chi connectivity index (χ1v) is 19.5. The number of halogens is 3. The Balaban J connectivity index is 1.67. The largest absolute Gasteiger partial charge is 0.497 e. The fourth-order valence-corrected chi connectivity index (χ4v) is 8.04. The third-order valence-corrected chi connectivity index (χ3v) is 11.2. The highest BCUT2D eigenvalue weighted by molar-refractivity contribution is 7.85. The van der Waals surface area contributed by atoms with Crippen molar-refractivity contribution in [2.24, 2.45) is 22.7 Å². The third-order valence-electron chi connectivity index (χ3n) is 10.2. The molecule has 1 aliphatic carbocycles. The van der Waals surface area contributed by atoms with Gasteiger partial charge in [0.2, 0.25) is 17.7 Å². The molecule has 55 heavy (non-hydrogen) atoms. The number of esters is 1. The van der Waals surface area contributed by atoms with E-state index in [-0.39, 0.29) is 31.7 Å². The molecule has 2 aliphatic rings. The number of alkyl halides is 3. The number of pyridine rings is 1. The molecule has 2 amide bonds. The van der Waals surface area contributed by atoms with Crippen molar-refractivity contribution < 1.29 is 59.2 Å². The van der Waals surface area contributed by atoms with Crippen LogP contribution in [0, 0.1) is 22.7 Å². The number of Topliss-reactive ketones (excluding diaryl/α,β-unsaturated/α-hetero) is 1. The highest BCUT2D eigenvalue weighted by Gasteiger charge is 2.62. The molecule has 1 saturated heterocycles. The quantitative estimate of drug-likeness (QED) is 0.220. The van der Waals surface area contributed by atoms with Crippen LogP contribution >= 0.6 is 0 Å². The molecule has 17 heteroatoms. The molecular weight excluding hydrogens is 747 g/mol. The summed E-state index contributed by atoms with van der Waals surface area (Å²) < 4.78 is 88.9. The van der Waals surface area contributed by atoms with E-state index in [2.05, 4.69) is 9.17 Å². The van der Waals surface area contributed by atoms with Gasteiger partial charge in [0.25, 0.3) is 0 Å². The smallest absolute Gasteiger partial charge is 0.418 e. The Hall–Kier alpha value is -3.99. The topological polar surface area (TPSA) is 168 Å². The maximum atomic E-state index is 14.5. The second-order valence-corrected chi connectivity index (χ2v) is 18.3. The lowest BCUT2D eigenvalue weighted by Crippen LogP contribution is -2.50. The molecule has 1 saturated carbocycles. The Morgan fingerprint density at radius 3 is 2.24 bits per heavy atom. The first kappa shape index (κ1) is 43.7. The number of hydrogen-bond acceptors (Lipinski definition) is 11. The van der Waals surface area contributed by atoms with Crippen molar-refractivity contribution in [1.82, 2.24) is 14.6 Å². The molecule has 4 rings (SSSR count). The van der Waals surface area contributed by atoms with Crippen LogP contribution in [0.1, 0.15) is 94.4 Å². The van der Waals surface area contributed by atoms with Gasteiger partial charge in [0.1, 0.15) is 17.5 Å². The SMILES string of the molecule is CC[C@@H]1C[C@]1(CC(=O)[C@@H]1C[C@@H](Oc2nccc3cc(OC)ccc23)CN1C(=O)[C@@H](CC(=O)OC(C)(C)C)C(C)(C)C)C(=O)NS(=O)(=O)OC(C)(C)C(F)(F)F. The van der Waals surface area contributed by atoms with Crippen molar-refractivity contribution in [1.29, 1.82) is 0 Å². The summed E-state index contributed by atoms with van der Waals surface area (Å²) in [5.41, 5.74) is -6.34. The average molecular weight is 800 g/mol. The van der Waals surface area contributed by atoms with Gasteiger partial charge in [0, 0.05) is 24.4 Å². The summed E-state index contributed by atoms with van der Waals surface area (Å²) in [5.74, 6) is -3.47. The first-order valence-electron chi connectivity index (χ1n) is 18.1. The summed E-state index contributed by atoms with van der Waals surface area (Å²) in [6, 6.07) is 5.89. The Bertz CT molecular complexity index is 1910. The van der Waals surface area contributed by atoms with E-state index in [1.54, 1.807) is 83.7 Å². The van der Waals surface area contributed by atoms with Gasteiger partial charge in [-0.05, 0) is 82.0 Å². The van der Waals surface area contributed by atoms with Gasteiger partial charge < -0.3 is 19.1 Å². The van der Waals surface area contributed by atoms with Crippen molar-refractivity contribution >= 4 is 44.6 Å². The van der Waals surface area contributed by atoms with Gasteiger partial charge in [0.05, 0.1) is 37.5 Å². The lowest BCUT2D eigenvalue weighted by molar-refractivity contribution is -0.233. The number of ketones is 1. The van der Waals surface area contributed by atoms with Gasteiger partial charge in [0.15, 0.2) is 11.4 Å². The number of likely N-dealkylation sites (tertiary alicyclic amines) is 1. The molecule has 13 nitrogen and oxygen atoms in total. The first-order chi connectivity index (χ1) is 25.1. The van der Waals surface area contributed by atoms with Crippen molar-refractivity contribution in [3.05, 3.63) is 30.5 Å². The molecule has 2 fully saturated rings. The molecule has 2 aromatic rings. The number of fused-ring (bicyclic) bond motifs is 1. The number of carbonyl (C=O) groups excluding carboxylic acids is 4. The molecule has 306 valence electrons. The van der Waals surface area contributed by atoms with Crippen molar-refractivity contribution in [3.8, 4) is 11.6 Å². The highest BCUT2D eigenvalue weighted by atomic mass is 32.2. The maximum absolute atomic E-state index is 14.5. The number of methoxy groups -OCH3 is 1. The number of ether oxygens (including phenoxy) is 3. The summed E-state index contributed by atoms with van der Waals surface area (Å²) in [6.45, 7) is 13.1. The van der Waals surface area contributed by atoms with Crippen LogP contribution in [0.25, 0.3) is 10.8 Å². The molecule has 1 N–H and O–H groups in total. The van der Waals surface area contributed by atoms with Crippen LogP contribution in [-0.4, -0.2) is 85.0 Å². The van der Waals surface area contributed by atoms with Gasteiger partial charge >= 0.3 is 22.4 Å².